The number of phosphoric acid groups is 1. The summed E-state index contributed by atoms with van der Waals surface area (Å²) in [4.78, 5) is 37.7. The summed E-state index contributed by atoms with van der Waals surface area (Å²) in [5.74, 6) is -0.517. The maximum atomic E-state index is 13.6. The number of amides is 1. The van der Waals surface area contributed by atoms with Crippen LogP contribution in [0, 0.1) is 0 Å². The number of phosphoric ester groups is 1. The molecule has 444 valence electrons. The molecule has 10 heteroatoms. The maximum Gasteiger partial charge on any atom is 0.472 e. The minimum absolute atomic E-state index is 0.0361. The van der Waals surface area contributed by atoms with E-state index in [0.29, 0.717) is 17.4 Å². The second-order valence-electron chi connectivity index (χ2n) is 22.9. The molecule has 0 aliphatic rings. The number of quaternary nitrogens is 1. The van der Waals surface area contributed by atoms with Crippen LogP contribution in [-0.2, 0) is 27.9 Å². The Morgan fingerprint density at radius 2 is 0.803 bits per heavy atom. The minimum atomic E-state index is -4.45. The molecule has 3 atom stereocenters. The predicted octanol–water partition coefficient (Wildman–Crippen LogP) is 19.8. The first kappa shape index (κ1) is 73.7. The van der Waals surface area contributed by atoms with Gasteiger partial charge in [0.15, 0.2) is 0 Å². The zero-order valence-corrected chi connectivity index (χ0v) is 51.6. The first-order valence-corrected chi connectivity index (χ1v) is 33.6. The molecule has 0 aromatic heterocycles. The van der Waals surface area contributed by atoms with Crippen molar-refractivity contribution in [3.8, 4) is 0 Å². The molecule has 0 saturated heterocycles. The molecule has 76 heavy (non-hydrogen) atoms. The fourth-order valence-corrected chi connectivity index (χ4v) is 9.95. The van der Waals surface area contributed by atoms with Crippen LogP contribution in [0.2, 0.25) is 0 Å². The lowest BCUT2D eigenvalue weighted by molar-refractivity contribution is -0.870. The van der Waals surface area contributed by atoms with Gasteiger partial charge in [0.05, 0.1) is 33.8 Å². The van der Waals surface area contributed by atoms with Crippen LogP contribution in [0.5, 0.6) is 0 Å². The minimum Gasteiger partial charge on any atom is -0.456 e. The molecule has 0 aliphatic carbocycles. The zero-order valence-electron chi connectivity index (χ0n) is 50.7. The van der Waals surface area contributed by atoms with Gasteiger partial charge in [-0.25, -0.2) is 4.57 Å². The van der Waals surface area contributed by atoms with Crippen LogP contribution in [0.15, 0.2) is 60.8 Å². The van der Waals surface area contributed by atoms with Gasteiger partial charge in [-0.15, -0.1) is 0 Å². The fraction of sp³-hybridized carbons (Fsp3) is 0.818. The summed E-state index contributed by atoms with van der Waals surface area (Å²) in [5, 5.41) is 3.05. The maximum absolute atomic E-state index is 13.6. The van der Waals surface area contributed by atoms with Crippen molar-refractivity contribution in [1.82, 2.24) is 5.32 Å². The van der Waals surface area contributed by atoms with Gasteiger partial charge in [0.2, 0.25) is 5.91 Å². The third-order valence-corrected chi connectivity index (χ3v) is 15.2. The molecule has 0 rings (SSSR count). The summed E-state index contributed by atoms with van der Waals surface area (Å²) in [5.41, 5.74) is 0. The van der Waals surface area contributed by atoms with E-state index in [4.69, 9.17) is 13.8 Å². The van der Waals surface area contributed by atoms with Gasteiger partial charge in [-0.05, 0) is 76.7 Å². The van der Waals surface area contributed by atoms with Gasteiger partial charge in [0.25, 0.3) is 0 Å². The van der Waals surface area contributed by atoms with Crippen LogP contribution in [0.1, 0.15) is 297 Å². The molecule has 2 N–H and O–H groups in total. The molecule has 0 radical (unpaired) electrons. The average molecular weight is 1090 g/mol. The first-order valence-electron chi connectivity index (χ1n) is 32.1. The van der Waals surface area contributed by atoms with Gasteiger partial charge >= 0.3 is 13.8 Å². The zero-order chi connectivity index (χ0) is 55.7. The van der Waals surface area contributed by atoms with E-state index in [9.17, 15) is 19.0 Å². The molecule has 1 amide bonds. The molecule has 9 nitrogen and oxygen atoms in total. The summed E-state index contributed by atoms with van der Waals surface area (Å²) in [6.07, 6.45) is 70.7. The van der Waals surface area contributed by atoms with Crippen molar-refractivity contribution in [1.29, 1.82) is 0 Å². The van der Waals surface area contributed by atoms with Gasteiger partial charge < -0.3 is 19.4 Å². The van der Waals surface area contributed by atoms with Crippen LogP contribution >= 0.6 is 7.82 Å². The van der Waals surface area contributed by atoms with Crippen molar-refractivity contribution in [3.63, 3.8) is 0 Å². The van der Waals surface area contributed by atoms with Gasteiger partial charge in [0.1, 0.15) is 19.3 Å². The first-order chi connectivity index (χ1) is 36.9. The largest absolute Gasteiger partial charge is 0.472 e. The monoisotopic (exact) mass is 1090 g/mol. The molecule has 0 aromatic rings. The molecule has 0 saturated carbocycles. The van der Waals surface area contributed by atoms with Gasteiger partial charge in [-0.3, -0.25) is 18.6 Å². The lowest BCUT2D eigenvalue weighted by Crippen LogP contribution is -2.47. The van der Waals surface area contributed by atoms with Crippen LogP contribution in [0.4, 0.5) is 0 Å². The average Bonchev–Trinajstić information content (AvgIpc) is 3.38. The lowest BCUT2D eigenvalue weighted by atomic mass is 10.0. The SMILES string of the molecule is CCCCC/C=C\C/C=C\C/C=C\C/C=C\CCCCCCCC(=O)NC(COP(=O)(O)OCC[N+](C)(C)C)C(/C=C/CCCCCCCCCCCC)OC(=O)CCCCCCCCCCCCCCCCCCC. The molecular weight excluding hydrogens is 964 g/mol. The Morgan fingerprint density at radius 1 is 0.461 bits per heavy atom. The summed E-state index contributed by atoms with van der Waals surface area (Å²) < 4.78 is 30.7. The Balaban J connectivity index is 5.25. The van der Waals surface area contributed by atoms with Crippen molar-refractivity contribution < 1.29 is 37.3 Å². The fourth-order valence-electron chi connectivity index (χ4n) is 9.22. The van der Waals surface area contributed by atoms with Crippen LogP contribution in [-0.4, -0.2) is 74.3 Å². The standard InChI is InChI=1S/C66H123N2O7P/c1-7-10-13-16-19-22-25-28-30-32-33-34-35-37-38-40-43-46-49-52-55-58-65(69)67-63(62-74-76(71,72)73-61-60-68(4,5)6)64(57-54-51-48-45-42-27-24-21-18-15-12-9-3)75-66(70)59-56-53-50-47-44-41-39-36-31-29-26-23-20-17-14-11-8-2/h19,22,28,30,33-34,37-38,54,57,63-64H,7-18,20-21,23-27,29,31-32,35-36,39-53,55-56,58-62H2,1-6H3,(H-,67,69,71,72)/p+1/b22-19-,30-28-,34-33-,38-37-,57-54+. The van der Waals surface area contributed by atoms with E-state index in [1.165, 1.54) is 167 Å². The number of likely N-dealkylation sites (N-methyl/N-ethyl adjacent to an activating group) is 1. The summed E-state index contributed by atoms with van der Waals surface area (Å²) >= 11 is 0. The van der Waals surface area contributed by atoms with E-state index in [1.54, 1.807) is 0 Å². The summed E-state index contributed by atoms with van der Waals surface area (Å²) in [7, 11) is 1.49. The van der Waals surface area contributed by atoms with E-state index in [2.05, 4.69) is 74.7 Å². The number of esters is 1. The van der Waals surface area contributed by atoms with Crippen molar-refractivity contribution in [2.24, 2.45) is 0 Å². The van der Waals surface area contributed by atoms with Crippen molar-refractivity contribution >= 4 is 19.7 Å². The lowest BCUT2D eigenvalue weighted by Gasteiger charge is -2.27. The molecule has 0 bridgehead atoms. The highest BCUT2D eigenvalue weighted by atomic mass is 31.2. The number of nitrogens with one attached hydrogen (secondary N) is 1. The number of allylic oxidation sites excluding steroid dienone is 9. The van der Waals surface area contributed by atoms with Crippen molar-refractivity contribution in [2.75, 3.05) is 40.9 Å². The van der Waals surface area contributed by atoms with Gasteiger partial charge in [-0.1, -0.05) is 268 Å². The summed E-state index contributed by atoms with van der Waals surface area (Å²) in [6.45, 7) is 6.99. The number of unbranched alkanes of at least 4 members (excludes halogenated alkanes) is 34. The predicted molar refractivity (Wildman–Crippen MR) is 328 cm³/mol. The molecular formula is C66H124N2O7P+. The van der Waals surface area contributed by atoms with Crippen LogP contribution in [0.3, 0.4) is 0 Å². The number of ether oxygens (including phenoxy) is 1. The highest BCUT2D eigenvalue weighted by Crippen LogP contribution is 2.43. The molecule has 0 fully saturated rings. The highest BCUT2D eigenvalue weighted by molar-refractivity contribution is 7.47. The smallest absolute Gasteiger partial charge is 0.456 e. The second kappa shape index (κ2) is 56.0. The number of rotatable bonds is 58. The Morgan fingerprint density at radius 3 is 1.22 bits per heavy atom. The third-order valence-electron chi connectivity index (χ3n) is 14.2. The van der Waals surface area contributed by atoms with E-state index in [0.717, 1.165) is 96.3 Å². The Kier molecular flexibility index (Phi) is 54.3. The van der Waals surface area contributed by atoms with Crippen LogP contribution < -0.4 is 5.32 Å². The number of hydrogen-bond acceptors (Lipinski definition) is 6. The Labute approximate surface area is 471 Å². The van der Waals surface area contributed by atoms with E-state index >= 15 is 0 Å². The molecule has 0 aromatic carbocycles. The molecule has 3 unspecified atom stereocenters. The molecule has 0 aliphatic heterocycles. The van der Waals surface area contributed by atoms with Gasteiger partial charge in [-0.2, -0.15) is 0 Å². The van der Waals surface area contributed by atoms with Crippen molar-refractivity contribution in [3.05, 3.63) is 60.8 Å². The Bertz CT molecular complexity index is 1490. The molecule has 0 spiro atoms. The Hall–Kier alpha value is -2.29. The summed E-state index contributed by atoms with van der Waals surface area (Å²) in [6, 6.07) is -0.858. The van der Waals surface area contributed by atoms with Crippen molar-refractivity contribution in [2.45, 2.75) is 309 Å². The van der Waals surface area contributed by atoms with E-state index in [-0.39, 0.29) is 31.5 Å². The number of carbonyl (C=O) groups is 2. The van der Waals surface area contributed by atoms with E-state index in [1.807, 2.05) is 33.3 Å². The second-order valence-corrected chi connectivity index (χ2v) is 24.4. The number of nitrogens with zero attached hydrogens (tertiary/aromatic N) is 1. The van der Waals surface area contributed by atoms with Gasteiger partial charge in [0, 0.05) is 12.8 Å². The quantitative estimate of drug-likeness (QED) is 0.0205. The topological polar surface area (TPSA) is 111 Å². The third kappa shape index (κ3) is 56.4. The highest BCUT2D eigenvalue weighted by Gasteiger charge is 2.30. The normalized spacial score (nSPS) is 14.0. The number of hydrogen-bond donors (Lipinski definition) is 2. The number of carbonyl (C=O) groups excluding carboxylic acids is 2. The molecule has 0 heterocycles. The van der Waals surface area contributed by atoms with E-state index < -0.39 is 20.0 Å². The van der Waals surface area contributed by atoms with Crippen LogP contribution in [0.25, 0.3) is 0 Å².